The molecule has 3 rings (SSSR count). The first-order valence-electron chi connectivity index (χ1n) is 8.11. The summed E-state index contributed by atoms with van der Waals surface area (Å²) in [7, 11) is 3.05. The van der Waals surface area contributed by atoms with Crippen molar-refractivity contribution in [3.63, 3.8) is 0 Å². The fraction of sp³-hybridized carbons (Fsp3) is 0.158. The highest BCUT2D eigenvalue weighted by Gasteiger charge is 2.13. The van der Waals surface area contributed by atoms with Gasteiger partial charge in [0.1, 0.15) is 11.5 Å². The fourth-order valence-electron chi connectivity index (χ4n) is 2.25. The zero-order chi connectivity index (χ0) is 19.9. The third-order valence-electron chi connectivity index (χ3n) is 3.69. The van der Waals surface area contributed by atoms with Crippen LogP contribution in [0.2, 0.25) is 0 Å². The smallest absolute Gasteiger partial charge is 0.257 e. The predicted octanol–water partition coefficient (Wildman–Crippen LogP) is 3.97. The van der Waals surface area contributed by atoms with Crippen LogP contribution in [0, 0.1) is 11.3 Å². The maximum absolute atomic E-state index is 12.5. The van der Waals surface area contributed by atoms with Gasteiger partial charge in [0.25, 0.3) is 5.91 Å². The minimum Gasteiger partial charge on any atom is -0.497 e. The summed E-state index contributed by atoms with van der Waals surface area (Å²) in [5.74, 6) is 1.43. The number of aromatic nitrogens is 2. The first-order valence-corrected chi connectivity index (χ1v) is 9.91. The number of nitrogens with one attached hydrogen (secondary N) is 1. The average Bonchev–Trinajstić information content (AvgIpc) is 3.19. The summed E-state index contributed by atoms with van der Waals surface area (Å²) in [4.78, 5) is 12.5. The lowest BCUT2D eigenvalue weighted by atomic mass is 10.2. The Hall–Kier alpha value is -3.09. The molecule has 0 saturated heterocycles. The van der Waals surface area contributed by atoms with Crippen molar-refractivity contribution >= 4 is 34.1 Å². The Morgan fingerprint density at radius 1 is 1.14 bits per heavy atom. The number of methoxy groups -OCH3 is 2. The number of nitrogens with zero attached hydrogens (tertiary/aromatic N) is 3. The monoisotopic (exact) mass is 412 g/mol. The van der Waals surface area contributed by atoms with E-state index in [1.807, 2.05) is 12.1 Å². The lowest BCUT2D eigenvalue weighted by Gasteiger charge is -2.07. The molecule has 142 valence electrons. The molecule has 2 aromatic carbocycles. The molecule has 0 atom stereocenters. The first kappa shape index (κ1) is 19.7. The molecule has 0 bridgehead atoms. The lowest BCUT2D eigenvalue weighted by molar-refractivity contribution is 0.102. The summed E-state index contributed by atoms with van der Waals surface area (Å²) in [5, 5.41) is 20.1. The molecule has 28 heavy (non-hydrogen) atoms. The molecule has 1 aromatic heterocycles. The highest BCUT2D eigenvalue weighted by molar-refractivity contribution is 8.00. The van der Waals surface area contributed by atoms with Crippen molar-refractivity contribution in [2.24, 2.45) is 0 Å². The second-order valence-electron chi connectivity index (χ2n) is 5.53. The van der Waals surface area contributed by atoms with Crippen LogP contribution in [0.4, 0.5) is 5.13 Å². The summed E-state index contributed by atoms with van der Waals surface area (Å²) < 4.78 is 11.1. The number of thioether (sulfide) groups is 1. The molecular formula is C19H16N4O3S2. The van der Waals surface area contributed by atoms with Gasteiger partial charge in [0.15, 0.2) is 4.34 Å². The van der Waals surface area contributed by atoms with Gasteiger partial charge in [-0.25, -0.2) is 0 Å². The highest BCUT2D eigenvalue weighted by Crippen LogP contribution is 2.29. The van der Waals surface area contributed by atoms with Crippen LogP contribution in [0.5, 0.6) is 11.5 Å². The Bertz CT molecular complexity index is 991. The van der Waals surface area contributed by atoms with E-state index < -0.39 is 0 Å². The van der Waals surface area contributed by atoms with E-state index in [-0.39, 0.29) is 5.91 Å². The maximum Gasteiger partial charge on any atom is 0.257 e. The number of benzene rings is 2. The largest absolute Gasteiger partial charge is 0.497 e. The van der Waals surface area contributed by atoms with Gasteiger partial charge in [0.05, 0.1) is 25.9 Å². The number of ether oxygens (including phenoxy) is 2. The van der Waals surface area contributed by atoms with Gasteiger partial charge in [0, 0.05) is 17.4 Å². The normalized spacial score (nSPS) is 10.2. The van der Waals surface area contributed by atoms with Gasteiger partial charge in [-0.05, 0) is 29.8 Å². The number of hydrogen-bond donors (Lipinski definition) is 1. The molecule has 9 heteroatoms. The number of nitriles is 1. The Labute approximate surface area is 170 Å². The van der Waals surface area contributed by atoms with E-state index in [1.54, 1.807) is 30.3 Å². The zero-order valence-corrected chi connectivity index (χ0v) is 16.8. The SMILES string of the molecule is COc1cc(OC)cc(C(=O)Nc2nnc(SCc3ccc(C#N)cc3)s2)c1. The number of carbonyl (C=O) groups is 1. The standard InChI is InChI=1S/C19H16N4O3S2/c1-25-15-7-14(8-16(9-15)26-2)17(24)21-18-22-23-19(28-18)27-11-13-5-3-12(10-20)4-6-13/h3-9H,11H2,1-2H3,(H,21,22,24). The van der Waals surface area contributed by atoms with Gasteiger partial charge < -0.3 is 9.47 Å². The minimum absolute atomic E-state index is 0.322. The van der Waals surface area contributed by atoms with E-state index in [1.165, 1.54) is 37.3 Å². The van der Waals surface area contributed by atoms with Crippen molar-refractivity contribution in [3.05, 3.63) is 59.2 Å². The summed E-state index contributed by atoms with van der Waals surface area (Å²) in [6.07, 6.45) is 0. The van der Waals surface area contributed by atoms with Crippen molar-refractivity contribution < 1.29 is 14.3 Å². The minimum atomic E-state index is -0.322. The maximum atomic E-state index is 12.5. The molecule has 0 aliphatic carbocycles. The first-order chi connectivity index (χ1) is 13.6. The van der Waals surface area contributed by atoms with E-state index in [0.717, 1.165) is 9.90 Å². The predicted molar refractivity (Wildman–Crippen MR) is 108 cm³/mol. The molecule has 0 unspecified atom stereocenters. The van der Waals surface area contributed by atoms with Gasteiger partial charge in [0.2, 0.25) is 5.13 Å². The number of carbonyl (C=O) groups excluding carboxylic acids is 1. The van der Waals surface area contributed by atoms with Crippen molar-refractivity contribution in [2.45, 2.75) is 10.1 Å². The van der Waals surface area contributed by atoms with Gasteiger partial charge in [-0.3, -0.25) is 10.1 Å². The Morgan fingerprint density at radius 2 is 1.82 bits per heavy atom. The zero-order valence-electron chi connectivity index (χ0n) is 15.1. The molecule has 1 amide bonds. The fourth-order valence-corrected chi connectivity index (χ4v) is 3.95. The van der Waals surface area contributed by atoms with Crippen LogP contribution in [0.15, 0.2) is 46.8 Å². The quantitative estimate of drug-likeness (QED) is 0.463. The van der Waals surface area contributed by atoms with Crippen LogP contribution in [0.3, 0.4) is 0 Å². The number of anilines is 1. The molecular weight excluding hydrogens is 396 g/mol. The molecule has 0 aliphatic heterocycles. The van der Waals surface area contributed by atoms with Gasteiger partial charge >= 0.3 is 0 Å². The Kier molecular flexibility index (Phi) is 6.47. The highest BCUT2D eigenvalue weighted by atomic mass is 32.2. The van der Waals surface area contributed by atoms with Gasteiger partial charge in [-0.1, -0.05) is 35.2 Å². The number of rotatable bonds is 7. The second-order valence-corrected chi connectivity index (χ2v) is 7.73. The average molecular weight is 412 g/mol. The lowest BCUT2D eigenvalue weighted by Crippen LogP contribution is -2.12. The molecule has 7 nitrogen and oxygen atoms in total. The topological polar surface area (TPSA) is 97.1 Å². The molecule has 3 aromatic rings. The van der Waals surface area contributed by atoms with Crippen LogP contribution in [-0.2, 0) is 5.75 Å². The van der Waals surface area contributed by atoms with E-state index in [2.05, 4.69) is 21.6 Å². The van der Waals surface area contributed by atoms with Gasteiger partial charge in [-0.15, -0.1) is 10.2 Å². The van der Waals surface area contributed by atoms with Crippen LogP contribution in [0.1, 0.15) is 21.5 Å². The molecule has 0 fully saturated rings. The molecule has 0 saturated carbocycles. The molecule has 0 aliphatic rings. The third-order valence-corrected chi connectivity index (χ3v) is 5.73. The van der Waals surface area contributed by atoms with E-state index >= 15 is 0 Å². The number of amides is 1. The second kappa shape index (κ2) is 9.21. The van der Waals surface area contributed by atoms with Crippen molar-refractivity contribution in [3.8, 4) is 17.6 Å². The van der Waals surface area contributed by atoms with Crippen molar-refractivity contribution in [1.82, 2.24) is 10.2 Å². The van der Waals surface area contributed by atoms with Crippen LogP contribution in [0.25, 0.3) is 0 Å². The summed E-state index contributed by atoms with van der Waals surface area (Å²) in [5.41, 5.74) is 2.11. The van der Waals surface area contributed by atoms with E-state index in [9.17, 15) is 4.79 Å². The third kappa shape index (κ3) is 5.00. The Balaban J connectivity index is 1.62. The molecule has 0 spiro atoms. The molecule has 1 N–H and O–H groups in total. The van der Waals surface area contributed by atoms with Gasteiger partial charge in [-0.2, -0.15) is 5.26 Å². The van der Waals surface area contributed by atoms with Crippen LogP contribution >= 0.6 is 23.1 Å². The molecule has 0 radical (unpaired) electrons. The molecule has 1 heterocycles. The van der Waals surface area contributed by atoms with Crippen LogP contribution < -0.4 is 14.8 Å². The summed E-state index contributed by atoms with van der Waals surface area (Å²) in [6, 6.07) is 14.4. The van der Waals surface area contributed by atoms with Crippen molar-refractivity contribution in [2.75, 3.05) is 19.5 Å². The summed E-state index contributed by atoms with van der Waals surface area (Å²) in [6.45, 7) is 0. The van der Waals surface area contributed by atoms with E-state index in [0.29, 0.717) is 33.5 Å². The van der Waals surface area contributed by atoms with Crippen LogP contribution in [-0.4, -0.2) is 30.3 Å². The summed E-state index contributed by atoms with van der Waals surface area (Å²) >= 11 is 2.81. The number of hydrogen-bond acceptors (Lipinski definition) is 8. The van der Waals surface area contributed by atoms with Crippen molar-refractivity contribution in [1.29, 1.82) is 5.26 Å². The van der Waals surface area contributed by atoms with E-state index in [4.69, 9.17) is 14.7 Å². The Morgan fingerprint density at radius 3 is 2.43 bits per heavy atom.